The lowest BCUT2D eigenvalue weighted by Gasteiger charge is -2.34. The molecule has 0 unspecified atom stereocenters. The zero-order valence-corrected chi connectivity index (χ0v) is 48.4. The molecule has 6 heterocycles. The Bertz CT molecular complexity index is 3460. The zero-order chi connectivity index (χ0) is 55.6. The highest BCUT2D eigenvalue weighted by atomic mass is 35.5. The number of carbonyl (C=O) groups is 2. The number of aromatic nitrogens is 6. The first-order chi connectivity index (χ1) is 37.1. The maximum atomic E-state index is 12.6. The van der Waals surface area contributed by atoms with E-state index in [4.69, 9.17) is 52.6 Å². The number of halogens is 2. The summed E-state index contributed by atoms with van der Waals surface area (Å²) in [6.07, 6.45) is 1.23. The summed E-state index contributed by atoms with van der Waals surface area (Å²) in [5.41, 5.74) is 7.79. The van der Waals surface area contributed by atoms with Gasteiger partial charge in [0.2, 0.25) is 11.9 Å². The second-order valence-corrected chi connectivity index (χ2v) is 24.1. The number of rotatable bonds is 13. The third-order valence-corrected chi connectivity index (χ3v) is 16.0. The van der Waals surface area contributed by atoms with Gasteiger partial charge in [-0.3, -0.25) is 0 Å². The number of nitrogens with one attached hydrogen (secondary N) is 1. The van der Waals surface area contributed by atoms with Crippen LogP contribution in [0.4, 0.5) is 11.9 Å². The highest BCUT2D eigenvalue weighted by molar-refractivity contribution is 7.22. The van der Waals surface area contributed by atoms with Crippen LogP contribution in [0.15, 0.2) is 85.2 Å². The van der Waals surface area contributed by atoms with Gasteiger partial charge in [-0.05, 0) is 133 Å². The van der Waals surface area contributed by atoms with Gasteiger partial charge in [0, 0.05) is 97.1 Å². The van der Waals surface area contributed by atoms with Crippen molar-refractivity contribution in [2.45, 2.75) is 85.7 Å². The van der Waals surface area contributed by atoms with Gasteiger partial charge in [-0.2, -0.15) is 0 Å². The van der Waals surface area contributed by atoms with Crippen LogP contribution in [0.5, 0.6) is 0 Å². The lowest BCUT2D eigenvalue weighted by Crippen LogP contribution is -2.46. The molecule has 0 bridgehead atoms. The standard InChI is InChI=1S/C30H34ClN5O3S.C28H30ClN5O3S/c1-6-35-13-15-36(16-14-35)29-32-12-11-21(34-29)27-33-22-17-18(2)23(25(28(37)38)39-30(3,4)5)24(26(22)40-27)19-7-9-20(31)10-8-19;1-16-15-20-24(38-25(32-20)19-9-10-31-27(33-19)34-13-11-30-12-14-34)22(17-5-7-18(29)8-6-17)21(16)23(26(35)36)37-28(2,3)4/h7-12,17,25H,6,13-16H2,1-5H3,(H,37,38);5-10,15,23,30H,11-14H2,1-4H3,(H,35,36)/t25-;23-/m00/s1. The monoisotopic (exact) mass is 1130 g/mol. The molecule has 10 rings (SSSR count). The number of nitrogens with zero attached hydrogens (tertiary/aromatic N) is 9. The molecule has 16 nitrogen and oxygen atoms in total. The van der Waals surface area contributed by atoms with Crippen LogP contribution in [-0.4, -0.2) is 127 Å². The highest BCUT2D eigenvalue weighted by Gasteiger charge is 2.34. The van der Waals surface area contributed by atoms with E-state index in [1.807, 2.05) is 116 Å². The van der Waals surface area contributed by atoms with Crippen molar-refractivity contribution in [1.29, 1.82) is 0 Å². The molecule has 2 atom stereocenters. The van der Waals surface area contributed by atoms with Crippen molar-refractivity contribution < 1.29 is 29.3 Å². The van der Waals surface area contributed by atoms with Crippen molar-refractivity contribution >= 4 is 90.1 Å². The van der Waals surface area contributed by atoms with E-state index in [0.29, 0.717) is 33.1 Å². The average Bonchev–Trinajstić information content (AvgIpc) is 4.19. The fourth-order valence-corrected chi connectivity index (χ4v) is 12.1. The van der Waals surface area contributed by atoms with Gasteiger partial charge in [-0.15, -0.1) is 22.7 Å². The molecule has 4 aromatic heterocycles. The number of ether oxygens (including phenoxy) is 2. The molecule has 0 spiro atoms. The van der Waals surface area contributed by atoms with Crippen molar-refractivity contribution in [2.75, 3.05) is 68.7 Å². The van der Waals surface area contributed by atoms with Crippen LogP contribution in [0.25, 0.3) is 64.1 Å². The molecule has 3 N–H and O–H groups in total. The number of hydrogen-bond donors (Lipinski definition) is 3. The second-order valence-electron chi connectivity index (χ2n) is 21.3. The van der Waals surface area contributed by atoms with Gasteiger partial charge in [-0.25, -0.2) is 39.5 Å². The predicted octanol–water partition coefficient (Wildman–Crippen LogP) is 12.2. The molecule has 2 fully saturated rings. The normalized spacial score (nSPS) is 15.3. The van der Waals surface area contributed by atoms with Crippen molar-refractivity contribution in [3.05, 3.63) is 117 Å². The molecular formula is C58H64Cl2N10O6S2. The first kappa shape index (κ1) is 56.5. The summed E-state index contributed by atoms with van der Waals surface area (Å²) < 4.78 is 14.0. The molecular weight excluding hydrogens is 1070 g/mol. The molecule has 4 aromatic carbocycles. The number of thiazole rings is 2. The Morgan fingerprint density at radius 3 is 1.38 bits per heavy atom. The Hall–Kier alpha value is -6.22. The third kappa shape index (κ3) is 12.9. The predicted molar refractivity (Wildman–Crippen MR) is 313 cm³/mol. The fourth-order valence-electron chi connectivity index (χ4n) is 9.66. The Morgan fingerprint density at radius 2 is 1.01 bits per heavy atom. The molecule has 0 aliphatic carbocycles. The van der Waals surface area contributed by atoms with Crippen LogP contribution in [0.2, 0.25) is 10.0 Å². The number of carboxylic acids is 2. The first-order valence-electron chi connectivity index (χ1n) is 26.0. The van der Waals surface area contributed by atoms with Crippen molar-refractivity contribution in [3.63, 3.8) is 0 Å². The average molecular weight is 1130 g/mol. The topological polar surface area (TPSA) is 192 Å². The van der Waals surface area contributed by atoms with E-state index in [0.717, 1.165) is 134 Å². The van der Waals surface area contributed by atoms with Crippen LogP contribution in [0.1, 0.15) is 82.9 Å². The Morgan fingerprint density at radius 1 is 0.615 bits per heavy atom. The van der Waals surface area contributed by atoms with Crippen LogP contribution in [-0.2, 0) is 19.1 Å². The lowest BCUT2D eigenvalue weighted by molar-refractivity contribution is -0.161. The second kappa shape index (κ2) is 23.6. The largest absolute Gasteiger partial charge is 0.479 e. The lowest BCUT2D eigenvalue weighted by atomic mass is 9.91. The number of hydrogen-bond acceptors (Lipinski definition) is 16. The summed E-state index contributed by atoms with van der Waals surface area (Å²) in [5.74, 6) is -0.700. The molecule has 2 aliphatic rings. The van der Waals surface area contributed by atoms with Crippen LogP contribution in [0, 0.1) is 13.8 Å². The molecule has 78 heavy (non-hydrogen) atoms. The van der Waals surface area contributed by atoms with Crippen LogP contribution < -0.4 is 15.1 Å². The maximum Gasteiger partial charge on any atom is 0.337 e. The summed E-state index contributed by atoms with van der Waals surface area (Å²) in [6.45, 7) is 25.4. The Kier molecular flexibility index (Phi) is 17.1. The van der Waals surface area contributed by atoms with E-state index in [1.54, 1.807) is 24.5 Å². The molecule has 20 heteroatoms. The summed E-state index contributed by atoms with van der Waals surface area (Å²) in [4.78, 5) is 60.6. The van der Waals surface area contributed by atoms with E-state index < -0.39 is 35.3 Å². The number of likely N-dealkylation sites (N-methyl/N-ethyl adjacent to an activating group) is 1. The SMILES string of the molecule is CCN1CCN(c2nccc(-c3nc4cc(C)c([C@H](OC(C)(C)C)C(=O)O)c(-c5ccc(Cl)cc5)c4s3)n2)CC1.Cc1cc2nc(-c3ccnc(N4CCNCC4)n3)sc2c(-c2ccc(Cl)cc2)c1[C@H](OC(C)(C)C)C(=O)O. The van der Waals surface area contributed by atoms with E-state index in [-0.39, 0.29) is 0 Å². The van der Waals surface area contributed by atoms with Crippen molar-refractivity contribution in [1.82, 2.24) is 40.1 Å². The van der Waals surface area contributed by atoms with Crippen LogP contribution in [0.3, 0.4) is 0 Å². The minimum atomic E-state index is -1.16. The summed E-state index contributed by atoms with van der Waals surface area (Å²) in [6, 6.07) is 22.5. The van der Waals surface area contributed by atoms with Gasteiger partial charge in [0.1, 0.15) is 21.4 Å². The summed E-state index contributed by atoms with van der Waals surface area (Å²) in [5, 5.41) is 26.6. The zero-order valence-electron chi connectivity index (χ0n) is 45.2. The van der Waals surface area contributed by atoms with Gasteiger partial charge in [0.05, 0.1) is 31.6 Å². The highest BCUT2D eigenvalue weighted by Crippen LogP contribution is 2.46. The molecule has 408 valence electrons. The van der Waals surface area contributed by atoms with Crippen LogP contribution >= 0.6 is 45.9 Å². The Balaban J connectivity index is 0.000000190. The maximum absolute atomic E-state index is 12.6. The molecule has 2 saturated heterocycles. The molecule has 0 amide bonds. The third-order valence-electron chi connectivity index (χ3n) is 13.3. The minimum Gasteiger partial charge on any atom is -0.479 e. The summed E-state index contributed by atoms with van der Waals surface area (Å²) >= 11 is 15.4. The number of piperazine rings is 2. The fraction of sp³-hybridized carbons (Fsp3) is 0.379. The van der Waals surface area contributed by atoms with E-state index >= 15 is 0 Å². The molecule has 0 radical (unpaired) electrons. The summed E-state index contributed by atoms with van der Waals surface area (Å²) in [7, 11) is 0. The van der Waals surface area contributed by atoms with E-state index in [2.05, 4.69) is 36.9 Å². The number of anilines is 2. The van der Waals surface area contributed by atoms with Gasteiger partial charge in [0.15, 0.2) is 12.2 Å². The van der Waals surface area contributed by atoms with Gasteiger partial charge < -0.3 is 39.7 Å². The molecule has 2 aliphatic heterocycles. The van der Waals surface area contributed by atoms with Gasteiger partial charge >= 0.3 is 11.9 Å². The molecule has 8 aromatic rings. The van der Waals surface area contributed by atoms with Crippen molar-refractivity contribution in [2.24, 2.45) is 0 Å². The number of aliphatic carboxylic acids is 2. The Labute approximate surface area is 472 Å². The quantitative estimate of drug-likeness (QED) is 0.0986. The van der Waals surface area contributed by atoms with E-state index in [9.17, 15) is 19.8 Å². The minimum absolute atomic E-state index is 0.603. The number of aryl methyl sites for hydroxylation is 2. The van der Waals surface area contributed by atoms with Crippen molar-refractivity contribution in [3.8, 4) is 43.7 Å². The van der Waals surface area contributed by atoms with Gasteiger partial charge in [0.25, 0.3) is 0 Å². The number of benzene rings is 4. The first-order valence-corrected chi connectivity index (χ1v) is 28.3. The molecule has 0 saturated carbocycles. The van der Waals surface area contributed by atoms with Gasteiger partial charge in [-0.1, -0.05) is 54.4 Å². The van der Waals surface area contributed by atoms with E-state index in [1.165, 1.54) is 22.7 Å². The number of fused-ring (bicyclic) bond motifs is 2. The smallest absolute Gasteiger partial charge is 0.337 e. The number of carboxylic acid groups (broad SMARTS) is 2.